The highest BCUT2D eigenvalue weighted by atomic mass is 32.1. The molecule has 0 unspecified atom stereocenters. The molecular formula is C13H7F3N2OS. The highest BCUT2D eigenvalue weighted by Crippen LogP contribution is 2.29. The van der Waals surface area contributed by atoms with Gasteiger partial charge in [-0.1, -0.05) is 0 Å². The first-order valence-corrected chi connectivity index (χ1v) is 6.40. The molecule has 0 atom stereocenters. The minimum atomic E-state index is -1.59. The summed E-state index contributed by atoms with van der Waals surface area (Å²) < 4.78 is 41.7. The Morgan fingerprint density at radius 3 is 2.65 bits per heavy atom. The van der Waals surface area contributed by atoms with E-state index in [1.165, 1.54) is 0 Å². The van der Waals surface area contributed by atoms with Crippen molar-refractivity contribution in [2.24, 2.45) is 7.05 Å². The fourth-order valence-corrected chi connectivity index (χ4v) is 2.98. The molecule has 0 aliphatic carbocycles. The molecule has 0 saturated heterocycles. The Hall–Kier alpha value is -2.15. The molecule has 0 radical (unpaired) electrons. The zero-order valence-corrected chi connectivity index (χ0v) is 11.0. The van der Waals surface area contributed by atoms with Crippen LogP contribution in [0.4, 0.5) is 13.2 Å². The summed E-state index contributed by atoms with van der Waals surface area (Å²) in [6.45, 7) is 0. The summed E-state index contributed by atoms with van der Waals surface area (Å²) in [5.74, 6) is -4.34. The van der Waals surface area contributed by atoms with Gasteiger partial charge in [0.15, 0.2) is 17.5 Å². The quantitative estimate of drug-likeness (QED) is 0.647. The molecule has 0 amide bonds. The summed E-state index contributed by atoms with van der Waals surface area (Å²) in [5.41, 5.74) is -0.189. The number of nitrogens with zero attached hydrogens (tertiary/aromatic N) is 2. The van der Waals surface area contributed by atoms with Crippen LogP contribution in [0.25, 0.3) is 20.8 Å². The van der Waals surface area contributed by atoms with E-state index in [2.05, 4.69) is 4.98 Å². The number of aryl methyl sites for hydroxylation is 1. The number of hydrogen-bond donors (Lipinski definition) is 0. The maximum Gasteiger partial charge on any atom is 0.280 e. The normalized spacial score (nSPS) is 11.2. The van der Waals surface area contributed by atoms with E-state index in [9.17, 15) is 18.0 Å². The average molecular weight is 296 g/mol. The van der Waals surface area contributed by atoms with Crippen LogP contribution in [0.1, 0.15) is 0 Å². The number of rotatable bonds is 1. The number of hydrogen-bond acceptors (Lipinski definition) is 3. The predicted octanol–water partition coefficient (Wildman–Crippen LogP) is 3.08. The Morgan fingerprint density at radius 2 is 2.00 bits per heavy atom. The largest absolute Gasteiger partial charge is 0.349 e. The van der Waals surface area contributed by atoms with E-state index in [1.54, 1.807) is 29.9 Å². The maximum absolute atomic E-state index is 13.8. The van der Waals surface area contributed by atoms with Crippen LogP contribution in [-0.4, -0.2) is 9.55 Å². The van der Waals surface area contributed by atoms with Gasteiger partial charge in [-0.05, 0) is 18.2 Å². The van der Waals surface area contributed by atoms with Gasteiger partial charge in [0.1, 0.15) is 5.01 Å². The second kappa shape index (κ2) is 4.45. The second-order valence-corrected chi connectivity index (χ2v) is 5.19. The van der Waals surface area contributed by atoms with Crippen LogP contribution in [0.3, 0.4) is 0 Å². The van der Waals surface area contributed by atoms with Gasteiger partial charge in [-0.15, -0.1) is 11.3 Å². The summed E-state index contributed by atoms with van der Waals surface area (Å²) in [7, 11) is 1.74. The third-order valence-corrected chi connectivity index (χ3v) is 4.01. The Morgan fingerprint density at radius 1 is 1.25 bits per heavy atom. The first kappa shape index (κ1) is 12.9. The van der Waals surface area contributed by atoms with Crippen molar-refractivity contribution in [1.82, 2.24) is 9.55 Å². The minimum absolute atomic E-state index is 0.236. The number of benzene rings is 1. The molecule has 3 rings (SSSR count). The monoisotopic (exact) mass is 296 g/mol. The van der Waals surface area contributed by atoms with Crippen LogP contribution in [0, 0.1) is 17.5 Å². The Labute approximate surface area is 114 Å². The standard InChI is InChI=1S/C13H7F3N2OS/c1-18-4-2-3-8(18)13-17-12(19)6-5-7(14)9(15)10(16)11(6)20-13/h2-5H,1H3. The van der Waals surface area contributed by atoms with Crippen LogP contribution in [0.5, 0.6) is 0 Å². The van der Waals surface area contributed by atoms with E-state index in [0.29, 0.717) is 11.8 Å². The van der Waals surface area contributed by atoms with Crippen molar-refractivity contribution in [2.75, 3.05) is 0 Å². The Kier molecular flexibility index (Phi) is 2.86. The van der Waals surface area contributed by atoms with Gasteiger partial charge in [-0.3, -0.25) is 4.79 Å². The lowest BCUT2D eigenvalue weighted by Crippen LogP contribution is -2.09. The maximum atomic E-state index is 13.8. The molecule has 3 aromatic rings. The minimum Gasteiger partial charge on any atom is -0.349 e. The third-order valence-electron chi connectivity index (χ3n) is 2.91. The fraction of sp³-hybridized carbons (Fsp3) is 0.0769. The molecule has 7 heteroatoms. The number of halogens is 3. The first-order chi connectivity index (χ1) is 9.49. The van der Waals surface area contributed by atoms with E-state index >= 15 is 0 Å². The molecule has 102 valence electrons. The van der Waals surface area contributed by atoms with Crippen molar-refractivity contribution >= 4 is 21.4 Å². The van der Waals surface area contributed by atoms with Crippen LogP contribution < -0.4 is 5.56 Å². The van der Waals surface area contributed by atoms with Gasteiger partial charge in [0.05, 0.1) is 15.8 Å². The molecule has 1 aromatic carbocycles. The second-order valence-electron chi connectivity index (χ2n) is 4.19. The molecule has 0 N–H and O–H groups in total. The van der Waals surface area contributed by atoms with Gasteiger partial charge in [-0.2, -0.15) is 4.98 Å². The predicted molar refractivity (Wildman–Crippen MR) is 70.2 cm³/mol. The molecule has 0 aliphatic rings. The van der Waals surface area contributed by atoms with E-state index < -0.39 is 23.0 Å². The summed E-state index contributed by atoms with van der Waals surface area (Å²) in [5, 5.41) is -0.00994. The molecule has 2 aromatic heterocycles. The van der Waals surface area contributed by atoms with Crippen molar-refractivity contribution < 1.29 is 13.2 Å². The lowest BCUT2D eigenvalue weighted by atomic mass is 10.2. The zero-order valence-electron chi connectivity index (χ0n) is 10.2. The molecule has 20 heavy (non-hydrogen) atoms. The molecule has 2 heterocycles. The summed E-state index contributed by atoms with van der Waals surface area (Å²) in [6.07, 6.45) is 1.74. The molecule has 0 bridgehead atoms. The lowest BCUT2D eigenvalue weighted by Gasteiger charge is -2.04. The molecule has 0 aliphatic heterocycles. The summed E-state index contributed by atoms with van der Waals surface area (Å²) in [6, 6.07) is 4.11. The van der Waals surface area contributed by atoms with Gasteiger partial charge >= 0.3 is 0 Å². The van der Waals surface area contributed by atoms with Crippen LogP contribution in [-0.2, 0) is 7.05 Å². The Bertz CT molecular complexity index is 885. The molecular weight excluding hydrogens is 289 g/mol. The van der Waals surface area contributed by atoms with Gasteiger partial charge in [0.25, 0.3) is 5.56 Å². The van der Waals surface area contributed by atoms with E-state index in [4.69, 9.17) is 0 Å². The number of aromatic nitrogens is 2. The van der Waals surface area contributed by atoms with Crippen LogP contribution >= 0.6 is 11.3 Å². The smallest absolute Gasteiger partial charge is 0.280 e. The summed E-state index contributed by atoms with van der Waals surface area (Å²) in [4.78, 5) is 15.7. The van der Waals surface area contributed by atoms with E-state index in [0.717, 1.165) is 11.3 Å². The van der Waals surface area contributed by atoms with Crippen molar-refractivity contribution in [1.29, 1.82) is 0 Å². The first-order valence-electron chi connectivity index (χ1n) is 5.59. The molecule has 0 spiro atoms. The van der Waals surface area contributed by atoms with Gasteiger partial charge in [0, 0.05) is 13.2 Å². The zero-order chi connectivity index (χ0) is 14.4. The number of fused-ring (bicyclic) bond motifs is 1. The van der Waals surface area contributed by atoms with E-state index in [1.807, 2.05) is 0 Å². The van der Waals surface area contributed by atoms with Gasteiger partial charge in [-0.25, -0.2) is 13.2 Å². The average Bonchev–Trinajstić information content (AvgIpc) is 2.83. The molecule has 0 fully saturated rings. The van der Waals surface area contributed by atoms with Crippen LogP contribution in [0.2, 0.25) is 0 Å². The van der Waals surface area contributed by atoms with E-state index in [-0.39, 0.29) is 15.1 Å². The molecule has 0 saturated carbocycles. The van der Waals surface area contributed by atoms with Gasteiger partial charge < -0.3 is 4.57 Å². The SMILES string of the molecule is Cn1cccc1-c1nc(=O)c2cc(F)c(F)c(F)c2s1. The summed E-state index contributed by atoms with van der Waals surface area (Å²) >= 11 is 0.809. The van der Waals surface area contributed by atoms with Crippen molar-refractivity contribution in [3.63, 3.8) is 0 Å². The highest BCUT2D eigenvalue weighted by Gasteiger charge is 2.18. The fourth-order valence-electron chi connectivity index (χ4n) is 1.90. The topological polar surface area (TPSA) is 34.9 Å². The Balaban J connectivity index is 2.40. The third kappa shape index (κ3) is 1.82. The van der Waals surface area contributed by atoms with Crippen molar-refractivity contribution in [3.05, 3.63) is 52.2 Å². The van der Waals surface area contributed by atoms with Crippen molar-refractivity contribution in [3.8, 4) is 10.7 Å². The van der Waals surface area contributed by atoms with Crippen molar-refractivity contribution in [2.45, 2.75) is 0 Å². The highest BCUT2D eigenvalue weighted by molar-refractivity contribution is 7.21. The van der Waals surface area contributed by atoms with Crippen LogP contribution in [0.15, 0.2) is 29.2 Å². The lowest BCUT2D eigenvalue weighted by molar-refractivity contribution is 0.454. The van der Waals surface area contributed by atoms with Gasteiger partial charge in [0.2, 0.25) is 0 Å². The molecule has 3 nitrogen and oxygen atoms in total.